The molecule has 0 aliphatic rings. The van der Waals surface area contributed by atoms with Crippen LogP contribution < -0.4 is 20.8 Å². The molecule has 1 amide bonds. The number of carbonyl (C=O) groups is 1. The summed E-state index contributed by atoms with van der Waals surface area (Å²) < 4.78 is 48.3. The molecule has 0 saturated carbocycles. The second kappa shape index (κ2) is 10.8. The van der Waals surface area contributed by atoms with Crippen LogP contribution in [0.15, 0.2) is 64.7 Å². The molecule has 1 atom stereocenters. The number of halogens is 2. The number of nitrogens with zero attached hydrogens (tertiary/aromatic N) is 3. The minimum absolute atomic E-state index is 0.00123. The van der Waals surface area contributed by atoms with E-state index >= 15 is 0 Å². The minimum Gasteiger partial charge on any atom is -0.480 e. The number of methoxy groups -OCH3 is 1. The molecule has 4 aromatic rings. The Kier molecular flexibility index (Phi) is 7.65. The lowest BCUT2D eigenvalue weighted by molar-refractivity contribution is -0.122. The average molecular weight is 560 g/mol. The van der Waals surface area contributed by atoms with Crippen molar-refractivity contribution in [1.82, 2.24) is 14.5 Å². The van der Waals surface area contributed by atoms with Crippen molar-refractivity contribution in [3.8, 4) is 17.0 Å². The summed E-state index contributed by atoms with van der Waals surface area (Å²) in [7, 11) is -2.91. The van der Waals surface area contributed by atoms with Crippen molar-refractivity contribution < 1.29 is 22.3 Å². The van der Waals surface area contributed by atoms with E-state index in [1.165, 1.54) is 30.3 Å². The molecule has 38 heavy (non-hydrogen) atoms. The van der Waals surface area contributed by atoms with Crippen molar-refractivity contribution in [1.29, 1.82) is 0 Å². The minimum atomic E-state index is -4.23. The Morgan fingerprint density at radius 3 is 2.61 bits per heavy atom. The summed E-state index contributed by atoms with van der Waals surface area (Å²) in [4.78, 5) is 33.0. The van der Waals surface area contributed by atoms with Gasteiger partial charge in [0.2, 0.25) is 11.8 Å². The monoisotopic (exact) mass is 559 g/mol. The van der Waals surface area contributed by atoms with Gasteiger partial charge in [0, 0.05) is 18.3 Å². The first-order chi connectivity index (χ1) is 18.0. The molecule has 0 spiro atoms. The fourth-order valence-electron chi connectivity index (χ4n) is 3.87. The highest BCUT2D eigenvalue weighted by Crippen LogP contribution is 2.32. The number of carbonyl (C=O) groups excluding carboxylic acids is 1. The highest BCUT2D eigenvalue weighted by atomic mass is 35.5. The Hall–Kier alpha value is -4.03. The zero-order valence-corrected chi connectivity index (χ0v) is 21.9. The van der Waals surface area contributed by atoms with Gasteiger partial charge in [-0.15, -0.1) is 0 Å². The number of aromatic nitrogens is 3. The normalized spacial score (nSPS) is 12.3. The largest absolute Gasteiger partial charge is 0.480 e. The zero-order chi connectivity index (χ0) is 27.6. The van der Waals surface area contributed by atoms with Gasteiger partial charge in [0.05, 0.1) is 35.3 Å². The number of rotatable bonds is 9. The van der Waals surface area contributed by atoms with Crippen LogP contribution in [0.5, 0.6) is 5.88 Å². The molecular weight excluding hydrogens is 537 g/mol. The Morgan fingerprint density at radius 1 is 1.18 bits per heavy atom. The molecule has 2 aromatic heterocycles. The molecule has 13 heteroatoms. The fraction of sp³-hybridized carbons (Fsp3) is 0.200. The number of primary amides is 1. The number of benzene rings is 2. The maximum atomic E-state index is 13.4. The quantitative estimate of drug-likeness (QED) is 0.318. The number of fused-ring (bicyclic) bond motifs is 1. The second-order valence-electron chi connectivity index (χ2n) is 8.40. The summed E-state index contributed by atoms with van der Waals surface area (Å²) in [5, 5.41) is 0.000836. The van der Waals surface area contributed by atoms with Crippen LogP contribution in [0.4, 0.5) is 10.1 Å². The molecule has 2 heterocycles. The third kappa shape index (κ3) is 5.46. The van der Waals surface area contributed by atoms with Crippen molar-refractivity contribution in [2.24, 2.45) is 11.7 Å². The van der Waals surface area contributed by atoms with Gasteiger partial charge in [-0.2, -0.15) is 0 Å². The zero-order valence-electron chi connectivity index (χ0n) is 20.3. The molecule has 3 N–H and O–H groups in total. The molecule has 0 radical (unpaired) electrons. The summed E-state index contributed by atoms with van der Waals surface area (Å²) in [6.45, 7) is 1.90. The van der Waals surface area contributed by atoms with E-state index in [0.717, 1.165) is 18.2 Å². The van der Waals surface area contributed by atoms with E-state index in [4.69, 9.17) is 22.1 Å². The van der Waals surface area contributed by atoms with Crippen molar-refractivity contribution in [2.75, 3.05) is 11.8 Å². The van der Waals surface area contributed by atoms with E-state index in [1.807, 2.05) is 0 Å². The molecule has 0 bridgehead atoms. The van der Waals surface area contributed by atoms with Crippen LogP contribution in [0.1, 0.15) is 13.3 Å². The summed E-state index contributed by atoms with van der Waals surface area (Å²) >= 11 is 5.95. The molecule has 2 aromatic carbocycles. The predicted molar refractivity (Wildman–Crippen MR) is 141 cm³/mol. The number of anilines is 1. The summed E-state index contributed by atoms with van der Waals surface area (Å²) in [6.07, 6.45) is 3.30. The Morgan fingerprint density at radius 2 is 1.95 bits per heavy atom. The van der Waals surface area contributed by atoms with Crippen LogP contribution in [0, 0.1) is 11.7 Å². The van der Waals surface area contributed by atoms with Crippen molar-refractivity contribution in [3.63, 3.8) is 0 Å². The first-order valence-corrected chi connectivity index (χ1v) is 13.2. The van der Waals surface area contributed by atoms with Gasteiger partial charge in [0.1, 0.15) is 16.4 Å². The Bertz CT molecular complexity index is 1710. The van der Waals surface area contributed by atoms with Crippen LogP contribution in [-0.4, -0.2) is 36.0 Å². The SMILES string of the molecule is CCC(Cn1cnc2ccc(-c3cnc(OC)c(NS(=O)(=O)c4ccc(F)cc4Cl)c3)cc2c1=O)C(N)=O. The van der Waals surface area contributed by atoms with Crippen molar-refractivity contribution >= 4 is 44.1 Å². The molecule has 198 valence electrons. The Balaban J connectivity index is 1.75. The topological polar surface area (TPSA) is 146 Å². The van der Waals surface area contributed by atoms with E-state index in [-0.39, 0.29) is 33.6 Å². The number of nitrogens with one attached hydrogen (secondary N) is 1. The van der Waals surface area contributed by atoms with Gasteiger partial charge in [-0.1, -0.05) is 24.6 Å². The molecule has 1 unspecified atom stereocenters. The molecule has 0 saturated heterocycles. The van der Waals surface area contributed by atoms with Gasteiger partial charge in [-0.25, -0.2) is 22.8 Å². The molecule has 0 aliphatic carbocycles. The summed E-state index contributed by atoms with van der Waals surface area (Å²) in [5.74, 6) is -1.72. The number of sulfonamides is 1. The highest BCUT2D eigenvalue weighted by molar-refractivity contribution is 7.92. The molecular formula is C25H23ClFN5O5S. The smallest absolute Gasteiger partial charge is 0.263 e. The molecule has 0 fully saturated rings. The van der Waals surface area contributed by atoms with Crippen molar-refractivity contribution in [3.05, 3.63) is 76.2 Å². The van der Waals surface area contributed by atoms with Crippen LogP contribution in [0.25, 0.3) is 22.0 Å². The number of amides is 1. The predicted octanol–water partition coefficient (Wildman–Crippen LogP) is 3.57. The number of hydrogen-bond acceptors (Lipinski definition) is 7. The number of ether oxygens (including phenoxy) is 1. The lowest BCUT2D eigenvalue weighted by Crippen LogP contribution is -2.31. The lowest BCUT2D eigenvalue weighted by Gasteiger charge is -2.14. The highest BCUT2D eigenvalue weighted by Gasteiger charge is 2.22. The van der Waals surface area contributed by atoms with Crippen LogP contribution in [-0.2, 0) is 21.4 Å². The van der Waals surface area contributed by atoms with Gasteiger partial charge in [-0.3, -0.25) is 18.9 Å². The third-order valence-electron chi connectivity index (χ3n) is 5.94. The maximum Gasteiger partial charge on any atom is 0.263 e. The van der Waals surface area contributed by atoms with Crippen molar-refractivity contribution in [2.45, 2.75) is 24.8 Å². The van der Waals surface area contributed by atoms with E-state index in [2.05, 4.69) is 14.7 Å². The maximum absolute atomic E-state index is 13.4. The second-order valence-corrected chi connectivity index (χ2v) is 10.5. The van der Waals surface area contributed by atoms with E-state index in [9.17, 15) is 22.4 Å². The van der Waals surface area contributed by atoms with E-state index in [0.29, 0.717) is 28.5 Å². The summed E-state index contributed by atoms with van der Waals surface area (Å²) in [5.41, 5.74) is 6.53. The van der Waals surface area contributed by atoms with Gasteiger partial charge in [-0.05, 0) is 48.4 Å². The first kappa shape index (κ1) is 27.0. The summed E-state index contributed by atoms with van der Waals surface area (Å²) in [6, 6.07) is 9.36. The van der Waals surface area contributed by atoms with Gasteiger partial charge >= 0.3 is 0 Å². The average Bonchev–Trinajstić information content (AvgIpc) is 2.87. The standard InChI is InChI=1S/C25H23ClFN5O5S/c1-3-14(23(28)33)12-32-13-30-20-6-4-15(8-18(20)25(32)34)16-9-21(24(37-2)29-11-16)31-38(35,36)22-7-5-17(27)10-19(22)26/h4-11,13-14,31H,3,12H2,1-2H3,(H2,28,33). The van der Waals surface area contributed by atoms with Gasteiger partial charge in [0.15, 0.2) is 0 Å². The fourth-order valence-corrected chi connectivity index (χ4v) is 5.45. The number of pyridine rings is 1. The van der Waals surface area contributed by atoms with Crippen LogP contribution in [0.3, 0.4) is 0 Å². The third-order valence-corrected chi connectivity index (χ3v) is 7.79. The number of hydrogen-bond donors (Lipinski definition) is 2. The van der Waals surface area contributed by atoms with E-state index in [1.54, 1.807) is 25.1 Å². The van der Waals surface area contributed by atoms with Crippen LogP contribution >= 0.6 is 11.6 Å². The van der Waals surface area contributed by atoms with E-state index < -0.39 is 27.7 Å². The van der Waals surface area contributed by atoms with Gasteiger partial charge < -0.3 is 10.5 Å². The molecule has 0 aliphatic heterocycles. The van der Waals surface area contributed by atoms with Crippen LogP contribution in [0.2, 0.25) is 5.02 Å². The molecule has 10 nitrogen and oxygen atoms in total. The Labute approximate surface area is 222 Å². The number of nitrogens with two attached hydrogens (primary N) is 1. The van der Waals surface area contributed by atoms with Gasteiger partial charge in [0.25, 0.3) is 15.6 Å². The molecule has 4 rings (SSSR count). The lowest BCUT2D eigenvalue weighted by atomic mass is 10.0. The first-order valence-electron chi connectivity index (χ1n) is 11.3.